The first-order valence-corrected chi connectivity index (χ1v) is 9.65. The van der Waals surface area contributed by atoms with Gasteiger partial charge in [-0.1, -0.05) is 6.92 Å². The molecule has 3 N–H and O–H groups in total. The Balaban J connectivity index is 1.71. The smallest absolute Gasteiger partial charge is 0.269 e. The van der Waals surface area contributed by atoms with Crippen LogP contribution < -0.4 is 11.1 Å². The van der Waals surface area contributed by atoms with Crippen LogP contribution in [0.4, 0.5) is 10.8 Å². The Labute approximate surface area is 147 Å². The van der Waals surface area contributed by atoms with Gasteiger partial charge in [0.05, 0.1) is 11.4 Å². The Morgan fingerprint density at radius 1 is 1.42 bits per heavy atom. The monoisotopic (exact) mass is 358 g/mol. The van der Waals surface area contributed by atoms with Gasteiger partial charge in [-0.2, -0.15) is 0 Å². The molecule has 0 spiro atoms. The number of amides is 1. The molecule has 7 heteroatoms. The van der Waals surface area contributed by atoms with Crippen LogP contribution in [0.15, 0.2) is 11.4 Å². The number of carbonyl (C=O) groups is 1. The number of hydrogen-bond donors (Lipinski definition) is 2. The number of anilines is 2. The maximum atomic E-state index is 12.5. The Morgan fingerprint density at radius 2 is 2.25 bits per heavy atom. The SMILES string of the molecule is Cc1csc(NC(=O)c2sc3nc4c(cc3c2N)C[C@@H](C)CC4)n1. The van der Waals surface area contributed by atoms with E-state index in [9.17, 15) is 4.79 Å². The summed E-state index contributed by atoms with van der Waals surface area (Å²) in [7, 11) is 0. The lowest BCUT2D eigenvalue weighted by Crippen LogP contribution is -2.12. The number of rotatable bonds is 2. The summed E-state index contributed by atoms with van der Waals surface area (Å²) in [6.45, 7) is 4.16. The molecule has 1 aliphatic rings. The van der Waals surface area contributed by atoms with Crippen molar-refractivity contribution in [3.05, 3.63) is 33.3 Å². The fourth-order valence-electron chi connectivity index (χ4n) is 3.11. The highest BCUT2D eigenvalue weighted by Crippen LogP contribution is 2.36. The van der Waals surface area contributed by atoms with Crippen molar-refractivity contribution < 1.29 is 4.79 Å². The van der Waals surface area contributed by atoms with Crippen LogP contribution in [0.1, 0.15) is 40.0 Å². The summed E-state index contributed by atoms with van der Waals surface area (Å²) in [5, 5.41) is 6.22. The van der Waals surface area contributed by atoms with Crippen molar-refractivity contribution in [3.63, 3.8) is 0 Å². The van der Waals surface area contributed by atoms with Gasteiger partial charge in [0.1, 0.15) is 9.71 Å². The summed E-state index contributed by atoms with van der Waals surface area (Å²) in [5.41, 5.74) is 10.1. The maximum absolute atomic E-state index is 12.5. The van der Waals surface area contributed by atoms with E-state index < -0.39 is 0 Å². The lowest BCUT2D eigenvalue weighted by molar-refractivity contribution is 0.103. The van der Waals surface area contributed by atoms with Crippen LogP contribution >= 0.6 is 22.7 Å². The zero-order valence-electron chi connectivity index (χ0n) is 13.5. The van der Waals surface area contributed by atoms with Crippen LogP contribution in [-0.4, -0.2) is 15.9 Å². The highest BCUT2D eigenvalue weighted by atomic mass is 32.1. The third kappa shape index (κ3) is 2.67. The average Bonchev–Trinajstić information content (AvgIpc) is 3.09. The molecule has 0 aliphatic heterocycles. The third-order valence-electron chi connectivity index (χ3n) is 4.38. The molecular formula is C17H18N4OS2. The third-order valence-corrected chi connectivity index (χ3v) is 6.37. The fraction of sp³-hybridized carbons (Fsp3) is 0.353. The van der Waals surface area contributed by atoms with Gasteiger partial charge in [0.25, 0.3) is 5.91 Å². The lowest BCUT2D eigenvalue weighted by atomic mass is 9.87. The summed E-state index contributed by atoms with van der Waals surface area (Å²) >= 11 is 2.77. The number of fused-ring (bicyclic) bond motifs is 2. The van der Waals surface area contributed by atoms with Crippen LogP contribution in [-0.2, 0) is 12.8 Å². The highest BCUT2D eigenvalue weighted by molar-refractivity contribution is 7.21. The predicted octanol–water partition coefficient (Wildman–Crippen LogP) is 4.02. The number of aryl methyl sites for hydroxylation is 2. The van der Waals surface area contributed by atoms with E-state index in [4.69, 9.17) is 10.7 Å². The standard InChI is InChI=1S/C17H18N4OS2/c1-8-3-4-12-10(5-8)6-11-13(18)14(24-16(11)20-12)15(22)21-17-19-9(2)7-23-17/h6-8H,3-5,18H2,1-2H3,(H,19,21,22)/t8-/m0/s1. The second-order valence-corrected chi connectivity index (χ2v) is 8.25. The number of nitrogen functional groups attached to an aromatic ring is 1. The predicted molar refractivity (Wildman–Crippen MR) is 100 cm³/mol. The fourth-order valence-corrected chi connectivity index (χ4v) is 4.78. The van der Waals surface area contributed by atoms with Crippen molar-refractivity contribution >= 4 is 49.6 Å². The molecule has 0 saturated carbocycles. The summed E-state index contributed by atoms with van der Waals surface area (Å²) in [5.74, 6) is 0.462. The molecule has 3 heterocycles. The minimum atomic E-state index is -0.212. The minimum absolute atomic E-state index is 0.212. The van der Waals surface area contributed by atoms with Crippen LogP contribution in [0, 0.1) is 12.8 Å². The van der Waals surface area contributed by atoms with E-state index in [2.05, 4.69) is 23.3 Å². The molecule has 1 amide bonds. The summed E-state index contributed by atoms with van der Waals surface area (Å²) < 4.78 is 0. The molecule has 24 heavy (non-hydrogen) atoms. The maximum Gasteiger partial charge on any atom is 0.269 e. The Morgan fingerprint density at radius 3 is 3.00 bits per heavy atom. The van der Waals surface area contributed by atoms with E-state index in [0.717, 1.165) is 34.4 Å². The zero-order chi connectivity index (χ0) is 16.8. The second-order valence-electron chi connectivity index (χ2n) is 6.39. The number of nitrogens with one attached hydrogen (secondary N) is 1. The Hall–Kier alpha value is -1.99. The quantitative estimate of drug-likeness (QED) is 0.725. The molecule has 1 aliphatic carbocycles. The molecular weight excluding hydrogens is 340 g/mol. The first-order valence-electron chi connectivity index (χ1n) is 7.95. The number of thiazole rings is 1. The van der Waals surface area contributed by atoms with Gasteiger partial charge in [0, 0.05) is 16.5 Å². The molecule has 0 fully saturated rings. The Bertz CT molecular complexity index is 944. The number of carbonyl (C=O) groups excluding carboxylic acids is 1. The van der Waals surface area contributed by atoms with E-state index in [1.807, 2.05) is 12.3 Å². The normalized spacial score (nSPS) is 17.0. The van der Waals surface area contributed by atoms with Crippen molar-refractivity contribution in [2.75, 3.05) is 11.1 Å². The molecule has 5 nitrogen and oxygen atoms in total. The lowest BCUT2D eigenvalue weighted by Gasteiger charge is -2.20. The molecule has 4 rings (SSSR count). The van der Waals surface area contributed by atoms with Crippen LogP contribution in [0.2, 0.25) is 0 Å². The van der Waals surface area contributed by atoms with E-state index in [-0.39, 0.29) is 5.91 Å². The molecule has 0 bridgehead atoms. The van der Waals surface area contributed by atoms with Crippen molar-refractivity contribution in [1.82, 2.24) is 9.97 Å². The number of hydrogen-bond acceptors (Lipinski definition) is 6. The molecule has 0 saturated heterocycles. The average molecular weight is 358 g/mol. The number of aromatic nitrogens is 2. The van der Waals surface area contributed by atoms with Crippen LogP contribution in [0.25, 0.3) is 10.2 Å². The number of nitrogens with two attached hydrogens (primary N) is 1. The van der Waals surface area contributed by atoms with Gasteiger partial charge in [0.2, 0.25) is 0 Å². The van der Waals surface area contributed by atoms with E-state index >= 15 is 0 Å². The summed E-state index contributed by atoms with van der Waals surface area (Å²) in [6, 6.07) is 2.13. The molecule has 3 aromatic heterocycles. The largest absolute Gasteiger partial charge is 0.397 e. The molecule has 1 atom stereocenters. The highest BCUT2D eigenvalue weighted by Gasteiger charge is 2.22. The zero-order valence-corrected chi connectivity index (χ0v) is 15.2. The van der Waals surface area contributed by atoms with Gasteiger partial charge in [0.15, 0.2) is 5.13 Å². The van der Waals surface area contributed by atoms with E-state index in [1.165, 1.54) is 34.7 Å². The molecule has 0 aromatic carbocycles. The van der Waals surface area contributed by atoms with Crippen LogP contribution in [0.5, 0.6) is 0 Å². The van der Waals surface area contributed by atoms with Gasteiger partial charge < -0.3 is 5.73 Å². The van der Waals surface area contributed by atoms with Crippen LogP contribution in [0.3, 0.4) is 0 Å². The topological polar surface area (TPSA) is 80.9 Å². The van der Waals surface area contributed by atoms with Gasteiger partial charge in [-0.15, -0.1) is 22.7 Å². The summed E-state index contributed by atoms with van der Waals surface area (Å²) in [4.78, 5) is 22.9. The van der Waals surface area contributed by atoms with Crippen molar-refractivity contribution in [1.29, 1.82) is 0 Å². The van der Waals surface area contributed by atoms with Crippen molar-refractivity contribution in [2.45, 2.75) is 33.1 Å². The van der Waals surface area contributed by atoms with E-state index in [0.29, 0.717) is 21.6 Å². The van der Waals surface area contributed by atoms with Crippen molar-refractivity contribution in [3.8, 4) is 0 Å². The van der Waals surface area contributed by atoms with Gasteiger partial charge >= 0.3 is 0 Å². The molecule has 0 radical (unpaired) electrons. The first kappa shape index (κ1) is 15.5. The minimum Gasteiger partial charge on any atom is -0.397 e. The number of pyridine rings is 1. The van der Waals surface area contributed by atoms with Gasteiger partial charge in [-0.05, 0) is 43.7 Å². The second kappa shape index (κ2) is 5.82. The summed E-state index contributed by atoms with van der Waals surface area (Å²) in [6.07, 6.45) is 3.21. The molecule has 0 unspecified atom stereocenters. The number of nitrogens with zero attached hydrogens (tertiary/aromatic N) is 2. The Kier molecular flexibility index (Phi) is 3.77. The van der Waals surface area contributed by atoms with Crippen molar-refractivity contribution in [2.24, 2.45) is 5.92 Å². The first-order chi connectivity index (χ1) is 11.5. The van der Waals surface area contributed by atoms with Gasteiger partial charge in [-0.3, -0.25) is 10.1 Å². The van der Waals surface area contributed by atoms with Gasteiger partial charge in [-0.25, -0.2) is 9.97 Å². The molecule has 124 valence electrons. The van der Waals surface area contributed by atoms with E-state index in [1.54, 1.807) is 0 Å². The number of thiophene rings is 1. The molecule has 3 aromatic rings.